The normalized spacial score (nSPS) is 16.2. The number of rotatable bonds is 5. The number of hydrogen-bond donors (Lipinski definition) is 3. The van der Waals surface area contributed by atoms with Gasteiger partial charge in [0, 0.05) is 31.3 Å². The topological polar surface area (TPSA) is 105 Å². The molecule has 1 aliphatic heterocycles. The van der Waals surface area contributed by atoms with Gasteiger partial charge < -0.3 is 16.0 Å². The van der Waals surface area contributed by atoms with Crippen LogP contribution in [-0.4, -0.2) is 33.5 Å². The number of nitrogens with one attached hydrogen (secondary N) is 3. The molecule has 2 aromatic rings. The van der Waals surface area contributed by atoms with E-state index in [1.807, 2.05) is 20.9 Å². The smallest absolute Gasteiger partial charge is 0.254 e. The van der Waals surface area contributed by atoms with E-state index in [4.69, 9.17) is 0 Å². The molecule has 0 unspecified atom stereocenters. The molecule has 8 nitrogen and oxygen atoms in total. The van der Waals surface area contributed by atoms with Crippen molar-refractivity contribution in [2.24, 2.45) is 7.05 Å². The summed E-state index contributed by atoms with van der Waals surface area (Å²) in [6.07, 6.45) is 0.357. The Bertz CT molecular complexity index is 903. The number of hydrogen-bond acceptors (Lipinski definition) is 4. The van der Waals surface area contributed by atoms with Crippen LogP contribution in [0.3, 0.4) is 0 Å². The highest BCUT2D eigenvalue weighted by Gasteiger charge is 2.27. The molecule has 0 radical (unpaired) electrons. The van der Waals surface area contributed by atoms with Crippen LogP contribution in [0.2, 0.25) is 0 Å². The van der Waals surface area contributed by atoms with E-state index in [1.165, 1.54) is 0 Å². The average Bonchev–Trinajstić information content (AvgIpc) is 2.80. The van der Waals surface area contributed by atoms with E-state index < -0.39 is 6.04 Å². The van der Waals surface area contributed by atoms with E-state index in [2.05, 4.69) is 21.0 Å². The van der Waals surface area contributed by atoms with Gasteiger partial charge in [-0.2, -0.15) is 5.10 Å². The highest BCUT2D eigenvalue weighted by molar-refractivity contribution is 6.09. The van der Waals surface area contributed by atoms with Crippen molar-refractivity contribution in [2.45, 2.75) is 39.3 Å². The predicted molar refractivity (Wildman–Crippen MR) is 100 cm³/mol. The lowest BCUT2D eigenvalue weighted by atomic mass is 10.1. The Morgan fingerprint density at radius 3 is 2.70 bits per heavy atom. The summed E-state index contributed by atoms with van der Waals surface area (Å²) in [5.41, 5.74) is 3.76. The molecule has 0 spiro atoms. The molecular formula is C19H23N5O3. The van der Waals surface area contributed by atoms with Crippen LogP contribution >= 0.6 is 0 Å². The first-order valence-corrected chi connectivity index (χ1v) is 8.83. The number of para-hydroxylation sites is 1. The van der Waals surface area contributed by atoms with E-state index in [-0.39, 0.29) is 30.6 Å². The van der Waals surface area contributed by atoms with Crippen LogP contribution in [0.5, 0.6) is 0 Å². The number of aromatic nitrogens is 2. The third kappa shape index (κ3) is 3.99. The van der Waals surface area contributed by atoms with Crippen molar-refractivity contribution < 1.29 is 14.4 Å². The van der Waals surface area contributed by atoms with E-state index in [9.17, 15) is 14.4 Å². The Hall–Kier alpha value is -3.16. The maximum Gasteiger partial charge on any atom is 0.254 e. The van der Waals surface area contributed by atoms with Gasteiger partial charge in [-0.15, -0.1) is 0 Å². The van der Waals surface area contributed by atoms with Crippen molar-refractivity contribution in [2.75, 3.05) is 5.32 Å². The summed E-state index contributed by atoms with van der Waals surface area (Å²) in [5.74, 6) is -0.822. The van der Waals surface area contributed by atoms with Crippen LogP contribution in [0.1, 0.15) is 40.2 Å². The van der Waals surface area contributed by atoms with Crippen LogP contribution in [0.15, 0.2) is 24.3 Å². The number of fused-ring (bicyclic) bond motifs is 1. The molecule has 142 valence electrons. The molecular weight excluding hydrogens is 346 g/mol. The molecule has 2 heterocycles. The molecule has 3 rings (SSSR count). The lowest BCUT2D eigenvalue weighted by Gasteiger charge is -2.14. The summed E-state index contributed by atoms with van der Waals surface area (Å²) in [7, 11) is 1.86. The van der Waals surface area contributed by atoms with Gasteiger partial charge in [-0.05, 0) is 32.4 Å². The second-order valence-corrected chi connectivity index (χ2v) is 6.65. The Balaban J connectivity index is 1.56. The highest BCUT2D eigenvalue weighted by Crippen LogP contribution is 2.19. The first-order valence-electron chi connectivity index (χ1n) is 8.83. The molecule has 0 saturated heterocycles. The van der Waals surface area contributed by atoms with Crippen molar-refractivity contribution in [3.05, 3.63) is 46.8 Å². The zero-order valence-electron chi connectivity index (χ0n) is 15.6. The molecule has 1 atom stereocenters. The van der Waals surface area contributed by atoms with Crippen molar-refractivity contribution >= 4 is 23.4 Å². The van der Waals surface area contributed by atoms with E-state index >= 15 is 0 Å². The average molecular weight is 369 g/mol. The third-order valence-corrected chi connectivity index (χ3v) is 4.83. The first-order chi connectivity index (χ1) is 12.9. The zero-order chi connectivity index (χ0) is 19.6. The summed E-state index contributed by atoms with van der Waals surface area (Å²) < 4.78 is 1.78. The minimum absolute atomic E-state index is 0.132. The van der Waals surface area contributed by atoms with Gasteiger partial charge in [-0.25, -0.2) is 0 Å². The second kappa shape index (κ2) is 7.61. The third-order valence-electron chi connectivity index (χ3n) is 4.83. The fourth-order valence-corrected chi connectivity index (χ4v) is 3.14. The SMILES string of the molecule is Cc1nn(C)c(C)c1CNC(=O)CC[C@@H]1NC(=O)c2ccccc2NC1=O. The molecule has 1 aliphatic rings. The van der Waals surface area contributed by atoms with Gasteiger partial charge in [0.15, 0.2) is 0 Å². The summed E-state index contributed by atoms with van der Waals surface area (Å²) in [4.78, 5) is 36.8. The van der Waals surface area contributed by atoms with Gasteiger partial charge in [-0.1, -0.05) is 12.1 Å². The highest BCUT2D eigenvalue weighted by atomic mass is 16.2. The van der Waals surface area contributed by atoms with Crippen molar-refractivity contribution in [3.8, 4) is 0 Å². The number of aryl methyl sites for hydroxylation is 2. The number of nitrogens with zero attached hydrogens (tertiary/aromatic N) is 2. The Labute approximate surface area is 157 Å². The minimum atomic E-state index is -0.752. The quantitative estimate of drug-likeness (QED) is 0.736. The lowest BCUT2D eigenvalue weighted by molar-refractivity contribution is -0.122. The predicted octanol–water partition coefficient (Wildman–Crippen LogP) is 1.18. The Morgan fingerprint density at radius 2 is 2.00 bits per heavy atom. The Morgan fingerprint density at radius 1 is 1.26 bits per heavy atom. The number of anilines is 1. The summed E-state index contributed by atoms with van der Waals surface area (Å²) in [5, 5.41) is 12.6. The molecule has 1 aromatic carbocycles. The molecule has 3 N–H and O–H groups in total. The molecule has 0 aliphatic carbocycles. The standard InChI is InChI=1S/C19H23N5O3/c1-11-14(12(2)24(3)23-11)10-20-17(25)9-8-16-19(27)21-15-7-5-4-6-13(15)18(26)22-16/h4-7,16H,8-10H2,1-3H3,(H,20,25)(H,21,27)(H,22,26)/t16-/m0/s1. The Kier molecular flexibility index (Phi) is 5.25. The van der Waals surface area contributed by atoms with Gasteiger partial charge in [0.25, 0.3) is 5.91 Å². The minimum Gasteiger partial charge on any atom is -0.352 e. The molecule has 0 bridgehead atoms. The molecule has 0 saturated carbocycles. The van der Waals surface area contributed by atoms with Gasteiger partial charge in [-0.3, -0.25) is 19.1 Å². The maximum atomic E-state index is 12.3. The van der Waals surface area contributed by atoms with Crippen LogP contribution in [0.25, 0.3) is 0 Å². The second-order valence-electron chi connectivity index (χ2n) is 6.65. The lowest BCUT2D eigenvalue weighted by Crippen LogP contribution is -2.42. The number of carbonyl (C=O) groups is 3. The van der Waals surface area contributed by atoms with E-state index in [0.29, 0.717) is 17.8 Å². The summed E-state index contributed by atoms with van der Waals surface area (Å²) in [6, 6.07) is 6.07. The van der Waals surface area contributed by atoms with Gasteiger partial charge in [0.2, 0.25) is 11.8 Å². The fourth-order valence-electron chi connectivity index (χ4n) is 3.14. The summed E-state index contributed by atoms with van der Waals surface area (Å²) >= 11 is 0. The van der Waals surface area contributed by atoms with Crippen molar-refractivity contribution in [1.82, 2.24) is 20.4 Å². The summed E-state index contributed by atoms with van der Waals surface area (Å²) in [6.45, 7) is 4.24. The van der Waals surface area contributed by atoms with Crippen LogP contribution in [0, 0.1) is 13.8 Å². The van der Waals surface area contributed by atoms with Gasteiger partial charge in [0.1, 0.15) is 6.04 Å². The van der Waals surface area contributed by atoms with Gasteiger partial charge >= 0.3 is 0 Å². The van der Waals surface area contributed by atoms with E-state index in [0.717, 1.165) is 17.0 Å². The largest absolute Gasteiger partial charge is 0.352 e. The maximum absolute atomic E-state index is 12.3. The molecule has 1 aromatic heterocycles. The van der Waals surface area contributed by atoms with Crippen molar-refractivity contribution in [1.29, 1.82) is 0 Å². The number of carbonyl (C=O) groups excluding carboxylic acids is 3. The van der Waals surface area contributed by atoms with Crippen LogP contribution in [0.4, 0.5) is 5.69 Å². The first kappa shape index (κ1) is 18.6. The molecule has 3 amide bonds. The fraction of sp³-hybridized carbons (Fsp3) is 0.368. The number of amides is 3. The van der Waals surface area contributed by atoms with E-state index in [1.54, 1.807) is 28.9 Å². The molecule has 0 fully saturated rings. The molecule has 8 heteroatoms. The van der Waals surface area contributed by atoms with Crippen molar-refractivity contribution in [3.63, 3.8) is 0 Å². The van der Waals surface area contributed by atoms with Crippen LogP contribution < -0.4 is 16.0 Å². The van der Waals surface area contributed by atoms with Crippen LogP contribution in [-0.2, 0) is 23.2 Å². The zero-order valence-corrected chi connectivity index (χ0v) is 15.6. The van der Waals surface area contributed by atoms with Gasteiger partial charge in [0.05, 0.1) is 16.9 Å². The monoisotopic (exact) mass is 369 g/mol. The number of benzene rings is 1. The molecule has 27 heavy (non-hydrogen) atoms.